The summed E-state index contributed by atoms with van der Waals surface area (Å²) < 4.78 is 13.0. The predicted molar refractivity (Wildman–Crippen MR) is 99.0 cm³/mol. The molecule has 0 saturated carbocycles. The van der Waals surface area contributed by atoms with E-state index in [1.807, 2.05) is 13.2 Å². The first-order valence-corrected chi connectivity index (χ1v) is 9.22. The number of benzene rings is 1. The zero-order valence-electron chi connectivity index (χ0n) is 13.4. The van der Waals surface area contributed by atoms with Gasteiger partial charge in [0.05, 0.1) is 16.3 Å². The molecule has 3 aromatic rings. The van der Waals surface area contributed by atoms with Gasteiger partial charge in [0.1, 0.15) is 18.1 Å². The summed E-state index contributed by atoms with van der Waals surface area (Å²) in [6, 6.07) is 8.80. The second-order valence-electron chi connectivity index (χ2n) is 4.93. The molecule has 0 spiro atoms. The van der Waals surface area contributed by atoms with Gasteiger partial charge in [-0.2, -0.15) is 9.78 Å². The monoisotopic (exact) mass is 396 g/mol. The summed E-state index contributed by atoms with van der Waals surface area (Å²) in [4.78, 5) is 0. The zero-order valence-corrected chi connectivity index (χ0v) is 15.8. The van der Waals surface area contributed by atoms with E-state index in [0.29, 0.717) is 38.3 Å². The Hall–Kier alpha value is -1.96. The fraction of sp³-hybridized carbons (Fsp3) is 0.188. The molecular weight excluding hydrogens is 383 g/mol. The number of ether oxygens (including phenoxy) is 1. The van der Waals surface area contributed by atoms with Crippen LogP contribution in [0.2, 0.25) is 10.0 Å². The van der Waals surface area contributed by atoms with E-state index in [9.17, 15) is 0 Å². The standard InChI is InChI=1S/C16H14Cl2N4O2S/c1-10-20-21-16(25-2)22(10)19-8-11-6-7-12(24-11)9-23-15-13(17)4-3-5-14(15)18/h3-8H,9H2,1-2H3. The van der Waals surface area contributed by atoms with E-state index in [1.54, 1.807) is 41.2 Å². The maximum absolute atomic E-state index is 6.07. The first-order valence-electron chi connectivity index (χ1n) is 7.24. The molecule has 130 valence electrons. The Morgan fingerprint density at radius 2 is 2.00 bits per heavy atom. The molecule has 0 saturated heterocycles. The number of furan rings is 1. The molecule has 0 aliphatic rings. The molecule has 0 aliphatic carbocycles. The largest absolute Gasteiger partial charge is 0.483 e. The Labute approximate surface area is 158 Å². The Kier molecular flexibility index (Phi) is 5.67. The molecule has 0 fully saturated rings. The molecule has 9 heteroatoms. The fourth-order valence-electron chi connectivity index (χ4n) is 2.02. The smallest absolute Gasteiger partial charge is 0.211 e. The van der Waals surface area contributed by atoms with Crippen molar-refractivity contribution in [2.45, 2.75) is 18.7 Å². The summed E-state index contributed by atoms with van der Waals surface area (Å²) in [5.41, 5.74) is 0. The number of para-hydroxylation sites is 1. The Morgan fingerprint density at radius 3 is 2.72 bits per heavy atom. The normalized spacial score (nSPS) is 11.4. The summed E-state index contributed by atoms with van der Waals surface area (Å²) in [5.74, 6) is 2.35. The number of aryl methyl sites for hydroxylation is 1. The van der Waals surface area contributed by atoms with Gasteiger partial charge in [0.2, 0.25) is 5.16 Å². The number of halogens is 2. The molecule has 1 aromatic carbocycles. The van der Waals surface area contributed by atoms with Crippen molar-refractivity contribution in [2.75, 3.05) is 6.26 Å². The third kappa shape index (κ3) is 4.18. The molecule has 0 radical (unpaired) electrons. The molecule has 0 atom stereocenters. The average Bonchev–Trinajstić information content (AvgIpc) is 3.19. The van der Waals surface area contributed by atoms with Crippen LogP contribution in [0.25, 0.3) is 0 Å². The van der Waals surface area contributed by atoms with Crippen LogP contribution >= 0.6 is 35.0 Å². The van der Waals surface area contributed by atoms with E-state index >= 15 is 0 Å². The highest BCUT2D eigenvalue weighted by atomic mass is 35.5. The quantitative estimate of drug-likeness (QED) is 0.447. The number of hydrogen-bond donors (Lipinski definition) is 0. The van der Waals surface area contributed by atoms with Crippen molar-refractivity contribution in [3.63, 3.8) is 0 Å². The highest BCUT2D eigenvalue weighted by Gasteiger charge is 2.09. The lowest BCUT2D eigenvalue weighted by molar-refractivity contribution is 0.270. The van der Waals surface area contributed by atoms with Crippen molar-refractivity contribution in [1.29, 1.82) is 0 Å². The van der Waals surface area contributed by atoms with Gasteiger partial charge in [-0.1, -0.05) is 41.0 Å². The first kappa shape index (κ1) is 17.8. The molecule has 2 aromatic heterocycles. The maximum atomic E-state index is 6.07. The second-order valence-corrected chi connectivity index (χ2v) is 6.52. The minimum Gasteiger partial charge on any atom is -0.483 e. The molecule has 0 N–H and O–H groups in total. The third-order valence-corrected chi connectivity index (χ3v) is 4.43. The van der Waals surface area contributed by atoms with Crippen LogP contribution in [-0.2, 0) is 6.61 Å². The van der Waals surface area contributed by atoms with Crippen molar-refractivity contribution < 1.29 is 9.15 Å². The van der Waals surface area contributed by atoms with E-state index in [-0.39, 0.29) is 6.61 Å². The summed E-state index contributed by atoms with van der Waals surface area (Å²) in [7, 11) is 0. The van der Waals surface area contributed by atoms with Crippen molar-refractivity contribution >= 4 is 41.2 Å². The summed E-state index contributed by atoms with van der Waals surface area (Å²) in [6.45, 7) is 2.04. The molecule has 0 amide bonds. The molecule has 25 heavy (non-hydrogen) atoms. The van der Waals surface area contributed by atoms with Crippen LogP contribution in [0.15, 0.2) is 45.0 Å². The van der Waals surface area contributed by atoms with Gasteiger partial charge in [0.15, 0.2) is 11.6 Å². The highest BCUT2D eigenvalue weighted by Crippen LogP contribution is 2.33. The van der Waals surface area contributed by atoms with Crippen LogP contribution in [0.1, 0.15) is 17.3 Å². The van der Waals surface area contributed by atoms with Crippen molar-refractivity contribution in [3.05, 3.63) is 57.7 Å². The lowest BCUT2D eigenvalue weighted by atomic mass is 10.3. The van der Waals surface area contributed by atoms with Gasteiger partial charge in [0, 0.05) is 0 Å². The van der Waals surface area contributed by atoms with E-state index in [2.05, 4.69) is 15.3 Å². The first-order chi connectivity index (χ1) is 12.1. The second kappa shape index (κ2) is 7.95. The van der Waals surface area contributed by atoms with Gasteiger partial charge in [-0.25, -0.2) is 0 Å². The summed E-state index contributed by atoms with van der Waals surface area (Å²) in [5, 5.41) is 14.0. The van der Waals surface area contributed by atoms with Gasteiger partial charge in [-0.05, 0) is 37.4 Å². The van der Waals surface area contributed by atoms with Crippen molar-refractivity contribution in [1.82, 2.24) is 14.9 Å². The third-order valence-electron chi connectivity index (χ3n) is 3.21. The van der Waals surface area contributed by atoms with Gasteiger partial charge < -0.3 is 9.15 Å². The van der Waals surface area contributed by atoms with Gasteiger partial charge in [-0.15, -0.1) is 10.2 Å². The van der Waals surface area contributed by atoms with E-state index in [1.165, 1.54) is 11.8 Å². The molecule has 3 rings (SSSR count). The summed E-state index contributed by atoms with van der Waals surface area (Å²) >= 11 is 13.6. The number of nitrogens with zero attached hydrogens (tertiary/aromatic N) is 4. The zero-order chi connectivity index (χ0) is 17.8. The fourth-order valence-corrected chi connectivity index (χ4v) is 3.00. The predicted octanol–water partition coefficient (Wildman–Crippen LogP) is 4.67. The molecule has 6 nitrogen and oxygen atoms in total. The lowest BCUT2D eigenvalue weighted by Crippen LogP contribution is -1.96. The van der Waals surface area contributed by atoms with Gasteiger partial charge in [-0.3, -0.25) is 0 Å². The number of rotatable bonds is 6. The van der Waals surface area contributed by atoms with Crippen LogP contribution in [0.5, 0.6) is 5.75 Å². The molecule has 0 unspecified atom stereocenters. The Bertz CT molecular complexity index is 887. The van der Waals surface area contributed by atoms with E-state index in [0.717, 1.165) is 0 Å². The van der Waals surface area contributed by atoms with Gasteiger partial charge in [0.25, 0.3) is 0 Å². The van der Waals surface area contributed by atoms with E-state index in [4.69, 9.17) is 32.4 Å². The minimum atomic E-state index is 0.207. The van der Waals surface area contributed by atoms with Crippen LogP contribution in [0, 0.1) is 6.92 Å². The Morgan fingerprint density at radius 1 is 1.24 bits per heavy atom. The highest BCUT2D eigenvalue weighted by molar-refractivity contribution is 7.98. The van der Waals surface area contributed by atoms with Gasteiger partial charge >= 0.3 is 0 Å². The molecular formula is C16H14Cl2N4O2S. The molecule has 0 aliphatic heterocycles. The topological polar surface area (TPSA) is 65.4 Å². The summed E-state index contributed by atoms with van der Waals surface area (Å²) in [6.07, 6.45) is 3.51. The van der Waals surface area contributed by atoms with Crippen molar-refractivity contribution in [3.8, 4) is 5.75 Å². The van der Waals surface area contributed by atoms with Crippen LogP contribution in [0.3, 0.4) is 0 Å². The number of thioether (sulfide) groups is 1. The SMILES string of the molecule is CSc1nnc(C)n1N=Cc1ccc(COc2c(Cl)cccc2Cl)o1. The molecule has 0 bridgehead atoms. The average molecular weight is 397 g/mol. The minimum absolute atomic E-state index is 0.207. The van der Waals surface area contributed by atoms with E-state index < -0.39 is 0 Å². The van der Waals surface area contributed by atoms with Crippen molar-refractivity contribution in [2.24, 2.45) is 5.10 Å². The number of hydrogen-bond acceptors (Lipinski definition) is 6. The van der Waals surface area contributed by atoms with Crippen LogP contribution in [0.4, 0.5) is 0 Å². The van der Waals surface area contributed by atoms with Crippen LogP contribution < -0.4 is 4.74 Å². The van der Waals surface area contributed by atoms with Crippen LogP contribution in [-0.4, -0.2) is 27.3 Å². The lowest BCUT2D eigenvalue weighted by Gasteiger charge is -2.07. The Balaban J connectivity index is 1.68. The molecule has 2 heterocycles. The maximum Gasteiger partial charge on any atom is 0.211 e. The number of aromatic nitrogens is 3.